The van der Waals surface area contributed by atoms with Crippen LogP contribution in [0, 0.1) is 12.8 Å². The lowest BCUT2D eigenvalue weighted by Gasteiger charge is -2.37. The summed E-state index contributed by atoms with van der Waals surface area (Å²) in [6.45, 7) is 3.39. The van der Waals surface area contributed by atoms with E-state index in [2.05, 4.69) is 20.1 Å². The van der Waals surface area contributed by atoms with Gasteiger partial charge in [0, 0.05) is 37.5 Å². The molecule has 3 aromatic heterocycles. The zero-order valence-corrected chi connectivity index (χ0v) is 17.2. The fraction of sp³-hybridized carbons (Fsp3) is 0.550. The minimum atomic E-state index is -4.18. The van der Waals surface area contributed by atoms with Gasteiger partial charge in [0.15, 0.2) is 5.65 Å². The number of aryl methyl sites for hydroxylation is 2. The Bertz CT molecular complexity index is 1110. The van der Waals surface area contributed by atoms with Crippen LogP contribution in [0.3, 0.4) is 0 Å². The molecule has 2 aliphatic rings. The first kappa shape index (κ1) is 20.1. The first-order chi connectivity index (χ1) is 14.8. The Kier molecular flexibility index (Phi) is 4.80. The highest BCUT2D eigenvalue weighted by molar-refractivity contribution is 5.74. The minimum Gasteiger partial charge on any atom is -0.370 e. The zero-order valence-electron chi connectivity index (χ0n) is 17.2. The van der Waals surface area contributed by atoms with Gasteiger partial charge in [-0.05, 0) is 19.8 Å². The van der Waals surface area contributed by atoms with Crippen molar-refractivity contribution >= 4 is 17.1 Å². The maximum absolute atomic E-state index is 13.0. The quantitative estimate of drug-likeness (QED) is 0.628. The monoisotopic (exact) mass is 433 g/mol. The maximum Gasteiger partial charge on any atom is 0.391 e. The van der Waals surface area contributed by atoms with E-state index in [0.717, 1.165) is 5.56 Å². The highest BCUT2D eigenvalue weighted by atomic mass is 19.4. The molecule has 1 atom stereocenters. The van der Waals surface area contributed by atoms with E-state index in [1.807, 2.05) is 25.1 Å². The molecule has 1 aliphatic heterocycles. The number of anilines is 1. The summed E-state index contributed by atoms with van der Waals surface area (Å²) in [6.07, 6.45) is 0.945. The summed E-state index contributed by atoms with van der Waals surface area (Å²) >= 11 is 0. The molecule has 2 fully saturated rings. The van der Waals surface area contributed by atoms with Crippen LogP contribution in [0.1, 0.15) is 41.8 Å². The molecule has 1 aliphatic carbocycles. The first-order valence-corrected chi connectivity index (χ1v) is 10.2. The normalized spacial score (nSPS) is 24.4. The Morgan fingerprint density at radius 2 is 1.94 bits per heavy atom. The molecule has 164 valence electrons. The molecule has 0 aromatic carbocycles. The number of alkyl halides is 3. The number of morpholine rings is 1. The van der Waals surface area contributed by atoms with E-state index in [0.29, 0.717) is 48.2 Å². The molecule has 3 aromatic rings. The summed E-state index contributed by atoms with van der Waals surface area (Å²) in [5.74, 6) is -1.14. The number of hydrogen-bond acceptors (Lipinski definition) is 7. The molecule has 31 heavy (non-hydrogen) atoms. The van der Waals surface area contributed by atoms with E-state index in [1.165, 1.54) is 0 Å². The van der Waals surface area contributed by atoms with E-state index in [4.69, 9.17) is 9.72 Å². The summed E-state index contributed by atoms with van der Waals surface area (Å²) in [6, 6.07) is 0. The number of rotatable bonds is 3. The SMILES string of the molecule is Cc1cnc2c(C3CC(C(F)(F)F)C3)nc(N3CCOC(c4cnn(C)c4)C3)nc2n1. The number of halogens is 3. The summed E-state index contributed by atoms with van der Waals surface area (Å²) < 4.78 is 46.7. The molecule has 0 N–H and O–H groups in total. The first-order valence-electron chi connectivity index (χ1n) is 10.2. The molecule has 1 unspecified atom stereocenters. The second-order valence-electron chi connectivity index (χ2n) is 8.25. The van der Waals surface area contributed by atoms with Crippen molar-refractivity contribution in [2.75, 3.05) is 24.6 Å². The summed E-state index contributed by atoms with van der Waals surface area (Å²) in [5, 5.41) is 4.20. The Hall–Kier alpha value is -2.82. The van der Waals surface area contributed by atoms with Gasteiger partial charge in [-0.3, -0.25) is 4.68 Å². The van der Waals surface area contributed by atoms with Gasteiger partial charge in [-0.1, -0.05) is 0 Å². The average molecular weight is 433 g/mol. The smallest absolute Gasteiger partial charge is 0.370 e. The molecule has 0 bridgehead atoms. The van der Waals surface area contributed by atoms with Crippen LogP contribution in [0.15, 0.2) is 18.6 Å². The maximum atomic E-state index is 13.0. The lowest BCUT2D eigenvalue weighted by Crippen LogP contribution is -2.40. The highest BCUT2D eigenvalue weighted by Crippen LogP contribution is 2.50. The number of nitrogens with zero attached hydrogens (tertiary/aromatic N) is 7. The topological polar surface area (TPSA) is 81.9 Å². The number of fused-ring (bicyclic) bond motifs is 1. The third-order valence-corrected chi connectivity index (χ3v) is 5.98. The minimum absolute atomic E-state index is 0.0199. The Labute approximate surface area is 176 Å². The molecule has 5 rings (SSSR count). The van der Waals surface area contributed by atoms with Crippen molar-refractivity contribution in [2.24, 2.45) is 13.0 Å². The van der Waals surface area contributed by atoms with Gasteiger partial charge in [-0.25, -0.2) is 15.0 Å². The van der Waals surface area contributed by atoms with Crippen LogP contribution in [-0.4, -0.2) is 55.6 Å². The predicted molar refractivity (Wildman–Crippen MR) is 105 cm³/mol. The van der Waals surface area contributed by atoms with E-state index in [-0.39, 0.29) is 24.9 Å². The molecule has 0 amide bonds. The fourth-order valence-electron chi connectivity index (χ4n) is 4.18. The van der Waals surface area contributed by atoms with E-state index in [9.17, 15) is 13.2 Å². The van der Waals surface area contributed by atoms with E-state index < -0.39 is 12.1 Å². The van der Waals surface area contributed by atoms with Gasteiger partial charge < -0.3 is 9.64 Å². The van der Waals surface area contributed by atoms with Crippen molar-refractivity contribution in [3.63, 3.8) is 0 Å². The van der Waals surface area contributed by atoms with Crippen molar-refractivity contribution in [2.45, 2.75) is 38.0 Å². The molecule has 11 heteroatoms. The molecule has 0 spiro atoms. The summed E-state index contributed by atoms with van der Waals surface area (Å²) in [7, 11) is 1.84. The molecular weight excluding hydrogens is 411 g/mol. The largest absolute Gasteiger partial charge is 0.391 e. The Morgan fingerprint density at radius 1 is 1.13 bits per heavy atom. The van der Waals surface area contributed by atoms with Gasteiger partial charge in [0.25, 0.3) is 0 Å². The zero-order chi connectivity index (χ0) is 21.8. The van der Waals surface area contributed by atoms with Gasteiger partial charge in [-0.2, -0.15) is 23.3 Å². The number of aromatic nitrogens is 6. The Morgan fingerprint density at radius 3 is 2.65 bits per heavy atom. The van der Waals surface area contributed by atoms with Gasteiger partial charge in [-0.15, -0.1) is 0 Å². The van der Waals surface area contributed by atoms with Gasteiger partial charge >= 0.3 is 6.18 Å². The molecule has 1 saturated carbocycles. The molecular formula is C20H22F3N7O. The average Bonchev–Trinajstić information content (AvgIpc) is 3.12. The van der Waals surface area contributed by atoms with Crippen LogP contribution in [-0.2, 0) is 11.8 Å². The van der Waals surface area contributed by atoms with Gasteiger partial charge in [0.1, 0.15) is 11.6 Å². The summed E-state index contributed by atoms with van der Waals surface area (Å²) in [5.41, 5.74) is 3.10. The number of ether oxygens (including phenoxy) is 1. The van der Waals surface area contributed by atoms with Crippen LogP contribution in [0.2, 0.25) is 0 Å². The fourth-order valence-corrected chi connectivity index (χ4v) is 4.18. The van der Waals surface area contributed by atoms with Crippen molar-refractivity contribution in [1.82, 2.24) is 29.7 Å². The third-order valence-electron chi connectivity index (χ3n) is 5.98. The second kappa shape index (κ2) is 7.40. The van der Waals surface area contributed by atoms with Crippen molar-refractivity contribution in [1.29, 1.82) is 0 Å². The van der Waals surface area contributed by atoms with Crippen molar-refractivity contribution in [3.05, 3.63) is 35.5 Å². The lowest BCUT2D eigenvalue weighted by molar-refractivity contribution is -0.197. The van der Waals surface area contributed by atoms with E-state index in [1.54, 1.807) is 17.1 Å². The molecule has 1 saturated heterocycles. The van der Waals surface area contributed by atoms with Crippen molar-refractivity contribution < 1.29 is 17.9 Å². The van der Waals surface area contributed by atoms with Crippen LogP contribution in [0.25, 0.3) is 11.2 Å². The Balaban J connectivity index is 1.47. The van der Waals surface area contributed by atoms with Gasteiger partial charge in [0.2, 0.25) is 5.95 Å². The predicted octanol–water partition coefficient (Wildman–Crippen LogP) is 3.10. The van der Waals surface area contributed by atoms with Gasteiger partial charge in [0.05, 0.1) is 36.7 Å². The highest BCUT2D eigenvalue weighted by Gasteiger charge is 2.49. The molecule has 0 radical (unpaired) electrons. The second-order valence-corrected chi connectivity index (χ2v) is 8.25. The van der Waals surface area contributed by atoms with Crippen LogP contribution >= 0.6 is 0 Å². The lowest BCUT2D eigenvalue weighted by atomic mass is 9.72. The van der Waals surface area contributed by atoms with Crippen LogP contribution in [0.5, 0.6) is 0 Å². The third kappa shape index (κ3) is 3.82. The van der Waals surface area contributed by atoms with Crippen LogP contribution < -0.4 is 4.90 Å². The standard InChI is InChI=1S/C20H22F3N7O/c1-11-7-24-17-16(12-5-14(6-12)20(21,22)23)27-19(28-18(17)26-11)30-3-4-31-15(10-30)13-8-25-29(2)9-13/h7-9,12,14-15H,3-6,10H2,1-2H3. The van der Waals surface area contributed by atoms with Crippen LogP contribution in [0.4, 0.5) is 19.1 Å². The van der Waals surface area contributed by atoms with Crippen molar-refractivity contribution in [3.8, 4) is 0 Å². The summed E-state index contributed by atoms with van der Waals surface area (Å²) in [4.78, 5) is 20.2. The molecule has 8 nitrogen and oxygen atoms in total. The molecule has 4 heterocycles. The van der Waals surface area contributed by atoms with E-state index >= 15 is 0 Å². The number of hydrogen-bond donors (Lipinski definition) is 0.